The molecule has 19 heavy (non-hydrogen) atoms. The van der Waals surface area contributed by atoms with Gasteiger partial charge in [-0.25, -0.2) is 0 Å². The fraction of sp³-hybridized carbons (Fsp3) is 0.545. The Morgan fingerprint density at radius 3 is 2.89 bits per heavy atom. The summed E-state index contributed by atoms with van der Waals surface area (Å²) in [5.41, 5.74) is 5.74. The highest BCUT2D eigenvalue weighted by atomic mass is 35.5. The SMILES string of the molecule is Cl.NCC1CCCC1NC(=O)c1cc([N+](=O)[O-])c[nH]1. The van der Waals surface area contributed by atoms with Gasteiger partial charge in [-0.2, -0.15) is 0 Å². The lowest BCUT2D eigenvalue weighted by Crippen LogP contribution is -2.39. The second kappa shape index (κ2) is 6.53. The number of hydrogen-bond acceptors (Lipinski definition) is 4. The second-order valence-corrected chi connectivity index (χ2v) is 4.54. The van der Waals surface area contributed by atoms with Crippen molar-refractivity contribution in [3.8, 4) is 0 Å². The second-order valence-electron chi connectivity index (χ2n) is 4.54. The van der Waals surface area contributed by atoms with Crippen LogP contribution < -0.4 is 11.1 Å². The molecular weight excluding hydrogens is 272 g/mol. The van der Waals surface area contributed by atoms with Crippen molar-refractivity contribution in [1.82, 2.24) is 10.3 Å². The molecule has 2 atom stereocenters. The number of nitro groups is 1. The van der Waals surface area contributed by atoms with Crippen molar-refractivity contribution in [2.75, 3.05) is 6.54 Å². The molecule has 0 spiro atoms. The molecule has 1 aliphatic rings. The summed E-state index contributed by atoms with van der Waals surface area (Å²) in [7, 11) is 0. The van der Waals surface area contributed by atoms with Crippen molar-refractivity contribution in [3.05, 3.63) is 28.1 Å². The molecule has 1 fully saturated rings. The molecular formula is C11H17ClN4O3. The van der Waals surface area contributed by atoms with E-state index in [1.54, 1.807) is 0 Å². The standard InChI is InChI=1S/C11H16N4O3.ClH/c12-5-7-2-1-3-9(7)14-11(16)10-4-8(6-13-10)15(17)18;/h4,6-7,9,13H,1-3,5,12H2,(H,14,16);1H. The number of halogens is 1. The Morgan fingerprint density at radius 2 is 2.32 bits per heavy atom. The summed E-state index contributed by atoms with van der Waals surface area (Å²) in [6.45, 7) is 0.551. The van der Waals surface area contributed by atoms with Gasteiger partial charge in [-0.05, 0) is 25.3 Å². The molecule has 2 unspecified atom stereocenters. The van der Waals surface area contributed by atoms with E-state index >= 15 is 0 Å². The minimum atomic E-state index is -0.536. The van der Waals surface area contributed by atoms with Crippen molar-refractivity contribution in [3.63, 3.8) is 0 Å². The number of hydrogen-bond donors (Lipinski definition) is 3. The molecule has 1 saturated carbocycles. The number of amides is 1. The van der Waals surface area contributed by atoms with Crippen LogP contribution in [0, 0.1) is 16.0 Å². The van der Waals surface area contributed by atoms with E-state index in [2.05, 4.69) is 10.3 Å². The molecule has 2 rings (SSSR count). The lowest BCUT2D eigenvalue weighted by atomic mass is 10.0. The summed E-state index contributed by atoms with van der Waals surface area (Å²) >= 11 is 0. The summed E-state index contributed by atoms with van der Waals surface area (Å²) in [4.78, 5) is 24.5. The van der Waals surface area contributed by atoms with E-state index < -0.39 is 4.92 Å². The predicted octanol–water partition coefficient (Wildman–Crippen LogP) is 1.20. The van der Waals surface area contributed by atoms with E-state index in [-0.39, 0.29) is 35.7 Å². The Morgan fingerprint density at radius 1 is 1.58 bits per heavy atom. The van der Waals surface area contributed by atoms with E-state index in [1.165, 1.54) is 12.3 Å². The topological polar surface area (TPSA) is 114 Å². The molecule has 1 aromatic rings. The third-order valence-corrected chi connectivity index (χ3v) is 3.40. The minimum absolute atomic E-state index is 0. The van der Waals surface area contributed by atoms with E-state index in [9.17, 15) is 14.9 Å². The average Bonchev–Trinajstić information content (AvgIpc) is 2.96. The van der Waals surface area contributed by atoms with Crippen molar-refractivity contribution >= 4 is 24.0 Å². The molecule has 8 heteroatoms. The molecule has 4 N–H and O–H groups in total. The maximum atomic E-state index is 11.9. The van der Waals surface area contributed by atoms with Gasteiger partial charge in [0.1, 0.15) is 5.69 Å². The van der Waals surface area contributed by atoms with Gasteiger partial charge in [-0.1, -0.05) is 6.42 Å². The highest BCUT2D eigenvalue weighted by molar-refractivity contribution is 5.93. The fourth-order valence-electron chi connectivity index (χ4n) is 2.37. The van der Waals surface area contributed by atoms with Crippen LogP contribution in [-0.2, 0) is 0 Å². The van der Waals surface area contributed by atoms with Gasteiger partial charge in [0.25, 0.3) is 11.6 Å². The number of nitrogens with zero attached hydrogens (tertiary/aromatic N) is 1. The van der Waals surface area contributed by atoms with Gasteiger partial charge in [0.15, 0.2) is 0 Å². The van der Waals surface area contributed by atoms with Crippen LogP contribution in [0.1, 0.15) is 29.8 Å². The van der Waals surface area contributed by atoms with Gasteiger partial charge in [-0.15, -0.1) is 12.4 Å². The Hall–Kier alpha value is -1.60. The van der Waals surface area contributed by atoms with Crippen molar-refractivity contribution in [2.45, 2.75) is 25.3 Å². The Bertz CT molecular complexity index is 463. The molecule has 0 bridgehead atoms. The fourth-order valence-corrected chi connectivity index (χ4v) is 2.37. The normalized spacial score (nSPS) is 21.7. The molecule has 0 aromatic carbocycles. The molecule has 0 saturated heterocycles. The van der Waals surface area contributed by atoms with Crippen LogP contribution in [-0.4, -0.2) is 28.4 Å². The highest BCUT2D eigenvalue weighted by Crippen LogP contribution is 2.25. The first-order chi connectivity index (χ1) is 8.61. The first kappa shape index (κ1) is 15.5. The van der Waals surface area contributed by atoms with Crippen LogP contribution in [0.25, 0.3) is 0 Å². The van der Waals surface area contributed by atoms with Gasteiger partial charge in [-0.3, -0.25) is 14.9 Å². The van der Waals surface area contributed by atoms with Crippen LogP contribution >= 0.6 is 12.4 Å². The minimum Gasteiger partial charge on any atom is -0.351 e. The van der Waals surface area contributed by atoms with Crippen LogP contribution in [0.3, 0.4) is 0 Å². The third-order valence-electron chi connectivity index (χ3n) is 3.40. The number of aromatic amines is 1. The van der Waals surface area contributed by atoms with E-state index in [0.717, 1.165) is 19.3 Å². The zero-order valence-electron chi connectivity index (χ0n) is 10.3. The molecule has 1 aromatic heterocycles. The molecule has 1 heterocycles. The first-order valence-corrected chi connectivity index (χ1v) is 5.95. The summed E-state index contributed by atoms with van der Waals surface area (Å²) in [6.07, 6.45) is 4.20. The quantitative estimate of drug-likeness (QED) is 0.570. The Labute approximate surface area is 116 Å². The third kappa shape index (κ3) is 3.45. The van der Waals surface area contributed by atoms with Crippen molar-refractivity contribution in [2.24, 2.45) is 11.7 Å². The van der Waals surface area contributed by atoms with Crippen molar-refractivity contribution < 1.29 is 9.72 Å². The number of carbonyl (C=O) groups is 1. The van der Waals surface area contributed by atoms with E-state index in [4.69, 9.17) is 5.73 Å². The lowest BCUT2D eigenvalue weighted by molar-refractivity contribution is -0.384. The molecule has 0 aliphatic heterocycles. The molecule has 7 nitrogen and oxygen atoms in total. The zero-order valence-corrected chi connectivity index (χ0v) is 11.1. The zero-order chi connectivity index (χ0) is 13.1. The van der Waals surface area contributed by atoms with Gasteiger partial charge < -0.3 is 16.0 Å². The Kier molecular flexibility index (Phi) is 5.31. The van der Waals surface area contributed by atoms with Crippen LogP contribution in [0.2, 0.25) is 0 Å². The van der Waals surface area contributed by atoms with Crippen LogP contribution in [0.5, 0.6) is 0 Å². The highest BCUT2D eigenvalue weighted by Gasteiger charge is 2.28. The summed E-state index contributed by atoms with van der Waals surface area (Å²) in [5, 5.41) is 13.4. The van der Waals surface area contributed by atoms with Gasteiger partial charge in [0.2, 0.25) is 0 Å². The van der Waals surface area contributed by atoms with E-state index in [1.807, 2.05) is 0 Å². The van der Waals surface area contributed by atoms with E-state index in [0.29, 0.717) is 12.5 Å². The monoisotopic (exact) mass is 288 g/mol. The first-order valence-electron chi connectivity index (χ1n) is 5.95. The number of nitrogens with two attached hydrogens (primary N) is 1. The summed E-state index contributed by atoms with van der Waals surface area (Å²) in [5.74, 6) is -0.00709. The number of carbonyl (C=O) groups excluding carboxylic acids is 1. The molecule has 0 radical (unpaired) electrons. The lowest BCUT2D eigenvalue weighted by Gasteiger charge is -2.18. The largest absolute Gasteiger partial charge is 0.351 e. The number of rotatable bonds is 4. The molecule has 1 aliphatic carbocycles. The van der Waals surface area contributed by atoms with Crippen molar-refractivity contribution in [1.29, 1.82) is 0 Å². The average molecular weight is 289 g/mol. The predicted molar refractivity (Wildman–Crippen MR) is 72.3 cm³/mol. The maximum Gasteiger partial charge on any atom is 0.287 e. The van der Waals surface area contributed by atoms with Crippen LogP contribution in [0.15, 0.2) is 12.3 Å². The molecule has 1 amide bonds. The molecule has 106 valence electrons. The summed E-state index contributed by atoms with van der Waals surface area (Å²) < 4.78 is 0. The number of H-pyrrole nitrogens is 1. The number of nitrogens with one attached hydrogen (secondary N) is 2. The van der Waals surface area contributed by atoms with Crippen LogP contribution in [0.4, 0.5) is 5.69 Å². The Balaban J connectivity index is 0.00000180. The van der Waals surface area contributed by atoms with Gasteiger partial charge in [0, 0.05) is 12.1 Å². The number of aromatic nitrogens is 1. The van der Waals surface area contributed by atoms with Gasteiger partial charge in [0.05, 0.1) is 11.1 Å². The maximum absolute atomic E-state index is 11.9. The van der Waals surface area contributed by atoms with Gasteiger partial charge >= 0.3 is 0 Å². The smallest absolute Gasteiger partial charge is 0.287 e. The summed E-state index contributed by atoms with van der Waals surface area (Å²) in [6, 6.07) is 1.31.